The monoisotopic (exact) mass is 345 g/mol. The van der Waals surface area contributed by atoms with Gasteiger partial charge in [0, 0.05) is 37.0 Å². The van der Waals surface area contributed by atoms with Gasteiger partial charge in [-0.3, -0.25) is 4.98 Å². The van der Waals surface area contributed by atoms with Gasteiger partial charge in [-0.1, -0.05) is 0 Å². The molecule has 0 N–H and O–H groups in total. The van der Waals surface area contributed by atoms with Gasteiger partial charge < -0.3 is 19.1 Å². The third-order valence-electron chi connectivity index (χ3n) is 4.10. The summed E-state index contributed by atoms with van der Waals surface area (Å²) in [5.74, 6) is 1.83. The Balaban J connectivity index is 1.64. The smallest absolute Gasteiger partial charge is 0.324 e. The molecule has 8 nitrogen and oxygen atoms in total. The van der Waals surface area contributed by atoms with Crippen LogP contribution in [0.15, 0.2) is 18.3 Å². The summed E-state index contributed by atoms with van der Waals surface area (Å²) in [7, 11) is 3.06. The van der Waals surface area contributed by atoms with Crippen molar-refractivity contribution < 1.29 is 14.2 Å². The van der Waals surface area contributed by atoms with Crippen LogP contribution in [-0.2, 0) is 0 Å². The molecular weight excluding hydrogens is 322 g/mol. The van der Waals surface area contributed by atoms with Gasteiger partial charge in [0.05, 0.1) is 20.8 Å². The summed E-state index contributed by atoms with van der Waals surface area (Å²) in [5, 5.41) is 0. The van der Waals surface area contributed by atoms with Crippen LogP contribution < -0.4 is 19.1 Å². The van der Waals surface area contributed by atoms with Crippen molar-refractivity contribution in [1.82, 2.24) is 19.9 Å². The second-order valence-electron chi connectivity index (χ2n) is 6.01. The molecule has 3 rings (SSSR count). The largest absolute Gasteiger partial charge is 0.493 e. The minimum Gasteiger partial charge on any atom is -0.493 e. The van der Waals surface area contributed by atoms with Gasteiger partial charge >= 0.3 is 12.0 Å². The van der Waals surface area contributed by atoms with Crippen LogP contribution in [-0.4, -0.2) is 53.9 Å². The Hall–Kier alpha value is -2.64. The molecule has 1 saturated heterocycles. The second-order valence-corrected chi connectivity index (χ2v) is 6.01. The van der Waals surface area contributed by atoms with E-state index in [0.29, 0.717) is 18.5 Å². The molecule has 0 bridgehead atoms. The number of aromatic nitrogens is 4. The number of hydrogen-bond acceptors (Lipinski definition) is 8. The molecule has 0 spiro atoms. The average Bonchev–Trinajstić information content (AvgIpc) is 2.66. The van der Waals surface area contributed by atoms with Crippen molar-refractivity contribution in [3.63, 3.8) is 0 Å². The van der Waals surface area contributed by atoms with Crippen molar-refractivity contribution in [2.45, 2.75) is 19.8 Å². The van der Waals surface area contributed by atoms with Crippen molar-refractivity contribution >= 4 is 5.95 Å². The number of nitrogens with zero attached hydrogens (tertiary/aromatic N) is 5. The maximum absolute atomic E-state index is 5.93. The van der Waals surface area contributed by atoms with E-state index >= 15 is 0 Å². The van der Waals surface area contributed by atoms with Crippen LogP contribution >= 0.6 is 0 Å². The fraction of sp³-hybridized carbons (Fsp3) is 0.529. The standard InChI is InChI=1S/C17H23N5O3/c1-12-9-14(6-7-18-12)25-11-13-5-4-8-22(10-13)15-19-16(23-2)21-17(20-15)24-3/h6-7,9,13H,4-5,8,10-11H2,1-3H3. The number of piperidine rings is 1. The molecule has 1 fully saturated rings. The summed E-state index contributed by atoms with van der Waals surface area (Å²) in [5.41, 5.74) is 0.951. The normalized spacial score (nSPS) is 17.2. The minimum atomic E-state index is 0.257. The highest BCUT2D eigenvalue weighted by atomic mass is 16.5. The molecular formula is C17H23N5O3. The van der Waals surface area contributed by atoms with E-state index in [1.54, 1.807) is 6.20 Å². The fourth-order valence-electron chi connectivity index (χ4n) is 2.86. The first-order valence-corrected chi connectivity index (χ1v) is 8.32. The molecule has 25 heavy (non-hydrogen) atoms. The molecule has 1 aliphatic heterocycles. The van der Waals surface area contributed by atoms with Gasteiger partial charge in [-0.2, -0.15) is 9.97 Å². The summed E-state index contributed by atoms with van der Waals surface area (Å²) in [6.45, 7) is 4.32. The summed E-state index contributed by atoms with van der Waals surface area (Å²) in [6, 6.07) is 4.34. The maximum Gasteiger partial charge on any atom is 0.324 e. The van der Waals surface area contributed by atoms with Gasteiger partial charge in [0.1, 0.15) is 5.75 Å². The minimum absolute atomic E-state index is 0.257. The first-order valence-electron chi connectivity index (χ1n) is 8.32. The molecule has 0 radical (unpaired) electrons. The molecule has 1 aliphatic rings. The average molecular weight is 345 g/mol. The maximum atomic E-state index is 5.93. The van der Waals surface area contributed by atoms with Crippen LogP contribution in [0.4, 0.5) is 5.95 Å². The molecule has 8 heteroatoms. The Labute approximate surface area is 147 Å². The predicted molar refractivity (Wildman–Crippen MR) is 92.3 cm³/mol. The highest BCUT2D eigenvalue weighted by Crippen LogP contribution is 2.24. The molecule has 1 atom stereocenters. The number of anilines is 1. The van der Waals surface area contributed by atoms with Gasteiger partial charge in [0.25, 0.3) is 0 Å². The number of methoxy groups -OCH3 is 2. The lowest BCUT2D eigenvalue weighted by molar-refractivity contribution is 0.227. The van der Waals surface area contributed by atoms with Gasteiger partial charge in [-0.25, -0.2) is 0 Å². The van der Waals surface area contributed by atoms with E-state index in [9.17, 15) is 0 Å². The van der Waals surface area contributed by atoms with Crippen molar-refractivity contribution in [2.24, 2.45) is 5.92 Å². The molecule has 0 saturated carbocycles. The number of pyridine rings is 1. The van der Waals surface area contributed by atoms with Crippen molar-refractivity contribution in [3.8, 4) is 17.8 Å². The Morgan fingerprint density at radius 1 is 1.16 bits per heavy atom. The van der Waals surface area contributed by atoms with Gasteiger partial charge in [-0.05, 0) is 25.8 Å². The first-order chi connectivity index (χ1) is 12.2. The highest BCUT2D eigenvalue weighted by Gasteiger charge is 2.24. The molecule has 2 aromatic rings. The lowest BCUT2D eigenvalue weighted by Gasteiger charge is -2.32. The fourth-order valence-corrected chi connectivity index (χ4v) is 2.86. The van der Waals surface area contributed by atoms with E-state index in [2.05, 4.69) is 24.8 Å². The third kappa shape index (κ3) is 4.46. The Morgan fingerprint density at radius 3 is 2.60 bits per heavy atom. The van der Waals surface area contributed by atoms with E-state index < -0.39 is 0 Å². The molecule has 0 amide bonds. The van der Waals surface area contributed by atoms with Crippen molar-refractivity contribution in [2.75, 3.05) is 38.8 Å². The lowest BCUT2D eigenvalue weighted by Crippen LogP contribution is -2.38. The van der Waals surface area contributed by atoms with Crippen LogP contribution in [0, 0.1) is 12.8 Å². The summed E-state index contributed by atoms with van der Waals surface area (Å²) in [6.07, 6.45) is 3.93. The molecule has 134 valence electrons. The zero-order chi connectivity index (χ0) is 17.6. The van der Waals surface area contributed by atoms with Crippen LogP contribution in [0.3, 0.4) is 0 Å². The Morgan fingerprint density at radius 2 is 1.92 bits per heavy atom. The van der Waals surface area contributed by atoms with Crippen LogP contribution in [0.2, 0.25) is 0 Å². The SMILES string of the molecule is COc1nc(OC)nc(N2CCCC(COc3ccnc(C)c3)C2)n1. The quantitative estimate of drug-likeness (QED) is 0.785. The second kappa shape index (κ2) is 7.96. The molecule has 1 unspecified atom stereocenters. The predicted octanol–water partition coefficient (Wildman–Crippen LogP) is 1.89. The van der Waals surface area contributed by atoms with E-state index in [0.717, 1.165) is 37.4 Å². The van der Waals surface area contributed by atoms with Crippen molar-refractivity contribution in [3.05, 3.63) is 24.0 Å². The van der Waals surface area contributed by atoms with Crippen LogP contribution in [0.5, 0.6) is 17.8 Å². The topological polar surface area (TPSA) is 82.5 Å². The van der Waals surface area contributed by atoms with E-state index in [1.807, 2.05) is 19.1 Å². The number of ether oxygens (including phenoxy) is 3. The molecule has 3 heterocycles. The number of hydrogen-bond donors (Lipinski definition) is 0. The van der Waals surface area contributed by atoms with Crippen molar-refractivity contribution in [1.29, 1.82) is 0 Å². The molecule has 0 aromatic carbocycles. The van der Waals surface area contributed by atoms with Gasteiger partial charge in [-0.15, -0.1) is 4.98 Å². The first kappa shape index (κ1) is 17.2. The van der Waals surface area contributed by atoms with E-state index in [-0.39, 0.29) is 12.0 Å². The zero-order valence-corrected chi connectivity index (χ0v) is 14.8. The van der Waals surface area contributed by atoms with Crippen LogP contribution in [0.1, 0.15) is 18.5 Å². The zero-order valence-electron chi connectivity index (χ0n) is 14.8. The van der Waals surface area contributed by atoms with Crippen LogP contribution in [0.25, 0.3) is 0 Å². The summed E-state index contributed by atoms with van der Waals surface area (Å²) >= 11 is 0. The van der Waals surface area contributed by atoms with Gasteiger partial charge in [0.15, 0.2) is 0 Å². The Kier molecular flexibility index (Phi) is 5.47. The highest BCUT2D eigenvalue weighted by molar-refractivity contribution is 5.33. The summed E-state index contributed by atoms with van der Waals surface area (Å²) < 4.78 is 16.2. The Bertz CT molecular complexity index is 690. The number of rotatable bonds is 6. The van der Waals surface area contributed by atoms with Gasteiger partial charge in [0.2, 0.25) is 5.95 Å². The molecule has 0 aliphatic carbocycles. The van der Waals surface area contributed by atoms with E-state index in [1.165, 1.54) is 14.2 Å². The summed E-state index contributed by atoms with van der Waals surface area (Å²) in [4.78, 5) is 19.0. The lowest BCUT2D eigenvalue weighted by atomic mass is 9.99. The number of aryl methyl sites for hydroxylation is 1. The molecule has 2 aromatic heterocycles. The van der Waals surface area contributed by atoms with E-state index in [4.69, 9.17) is 14.2 Å². The third-order valence-corrected chi connectivity index (χ3v) is 4.10.